The van der Waals surface area contributed by atoms with Crippen molar-refractivity contribution in [3.8, 4) is 0 Å². The average Bonchev–Trinajstić information content (AvgIpc) is 3.10. The minimum atomic E-state index is -0.778. The molecule has 1 aliphatic rings. The lowest BCUT2D eigenvalue weighted by Gasteiger charge is -2.10. The fourth-order valence-electron chi connectivity index (χ4n) is 1.89. The van der Waals surface area contributed by atoms with Gasteiger partial charge in [-0.05, 0) is 31.7 Å². The molecule has 2 N–H and O–H groups in total. The summed E-state index contributed by atoms with van der Waals surface area (Å²) >= 11 is 12.9. The lowest BCUT2D eigenvalue weighted by atomic mass is 10.0. The van der Waals surface area contributed by atoms with Gasteiger partial charge in [-0.15, -0.1) is 11.3 Å². The van der Waals surface area contributed by atoms with E-state index in [9.17, 15) is 9.59 Å². The molecule has 19 heavy (non-hydrogen) atoms. The van der Waals surface area contributed by atoms with Crippen molar-refractivity contribution in [3.05, 3.63) is 19.8 Å². The van der Waals surface area contributed by atoms with E-state index in [1.165, 1.54) is 0 Å². The van der Waals surface area contributed by atoms with Crippen LogP contribution in [-0.2, 0) is 4.79 Å². The zero-order valence-electron chi connectivity index (χ0n) is 10.3. The number of carboxylic acid groups (broad SMARTS) is 1. The molecule has 2 rings (SSSR count). The second kappa shape index (κ2) is 5.31. The van der Waals surface area contributed by atoms with Gasteiger partial charge in [-0.2, -0.15) is 0 Å². The Morgan fingerprint density at radius 1 is 1.42 bits per heavy atom. The highest BCUT2D eigenvalue weighted by molar-refractivity contribution is 7.18. The number of nitrogens with one attached hydrogen (secondary N) is 1. The Bertz CT molecular complexity index is 537. The van der Waals surface area contributed by atoms with Crippen molar-refractivity contribution in [2.24, 2.45) is 5.41 Å². The predicted molar refractivity (Wildman–Crippen MR) is 75.3 cm³/mol. The summed E-state index contributed by atoms with van der Waals surface area (Å²) in [5.41, 5.74) is 0.0427. The fourth-order valence-corrected chi connectivity index (χ4v) is 3.37. The van der Waals surface area contributed by atoms with Crippen LogP contribution in [0.25, 0.3) is 0 Å². The molecule has 1 amide bonds. The van der Waals surface area contributed by atoms with E-state index in [1.807, 2.05) is 0 Å². The quantitative estimate of drug-likeness (QED) is 0.874. The van der Waals surface area contributed by atoms with Crippen LogP contribution < -0.4 is 5.32 Å². The summed E-state index contributed by atoms with van der Waals surface area (Å²) in [6.07, 6.45) is 1.84. The van der Waals surface area contributed by atoms with E-state index in [0.29, 0.717) is 45.6 Å². The van der Waals surface area contributed by atoms with Crippen molar-refractivity contribution in [1.29, 1.82) is 0 Å². The van der Waals surface area contributed by atoms with Gasteiger partial charge in [-0.1, -0.05) is 23.2 Å². The van der Waals surface area contributed by atoms with Gasteiger partial charge in [0.25, 0.3) is 5.91 Å². The van der Waals surface area contributed by atoms with Crippen molar-refractivity contribution in [2.45, 2.75) is 26.2 Å². The van der Waals surface area contributed by atoms with Gasteiger partial charge in [0.2, 0.25) is 0 Å². The summed E-state index contributed by atoms with van der Waals surface area (Å²) in [6.45, 7) is 2.08. The minimum Gasteiger partial charge on any atom is -0.481 e. The number of hydrogen-bond donors (Lipinski definition) is 2. The van der Waals surface area contributed by atoms with E-state index in [1.54, 1.807) is 6.92 Å². The molecular weight excluding hydrogens is 309 g/mol. The monoisotopic (exact) mass is 321 g/mol. The molecular formula is C12H13Cl2NO3S. The van der Waals surface area contributed by atoms with E-state index >= 15 is 0 Å². The number of thiophene rings is 1. The third kappa shape index (κ3) is 2.88. The van der Waals surface area contributed by atoms with Crippen LogP contribution in [0, 0.1) is 12.3 Å². The molecule has 104 valence electrons. The van der Waals surface area contributed by atoms with E-state index in [2.05, 4.69) is 5.32 Å². The standard InChI is InChI=1S/C12H13Cl2NO3S/c1-6-7(13)9(14)19-8(6)10(16)15-5-4-12(2-3-12)11(17)18/h2-5H2,1H3,(H,15,16)(H,17,18). The number of halogens is 2. The van der Waals surface area contributed by atoms with Gasteiger partial charge in [-0.25, -0.2) is 0 Å². The maximum absolute atomic E-state index is 11.9. The van der Waals surface area contributed by atoms with Crippen LogP contribution in [0.15, 0.2) is 0 Å². The average molecular weight is 322 g/mol. The summed E-state index contributed by atoms with van der Waals surface area (Å²) in [5.74, 6) is -1.03. The zero-order chi connectivity index (χ0) is 14.2. The minimum absolute atomic E-state index is 0.252. The highest BCUT2D eigenvalue weighted by Gasteiger charge is 2.49. The second-order valence-corrected chi connectivity index (χ2v) is 6.74. The molecule has 0 saturated heterocycles. The molecule has 1 heterocycles. The van der Waals surface area contributed by atoms with Crippen LogP contribution in [0.3, 0.4) is 0 Å². The number of amides is 1. The molecule has 1 aromatic heterocycles. The second-order valence-electron chi connectivity index (χ2n) is 4.74. The summed E-state index contributed by atoms with van der Waals surface area (Å²) in [6, 6.07) is 0. The van der Waals surface area contributed by atoms with Crippen LogP contribution in [0.2, 0.25) is 9.36 Å². The first-order valence-electron chi connectivity index (χ1n) is 5.83. The van der Waals surface area contributed by atoms with Crippen LogP contribution in [-0.4, -0.2) is 23.5 Å². The topological polar surface area (TPSA) is 66.4 Å². The smallest absolute Gasteiger partial charge is 0.309 e. The van der Waals surface area contributed by atoms with Gasteiger partial charge in [-0.3, -0.25) is 9.59 Å². The molecule has 0 aliphatic heterocycles. The predicted octanol–water partition coefficient (Wildman–Crippen LogP) is 3.35. The fraction of sp³-hybridized carbons (Fsp3) is 0.500. The number of aliphatic carboxylic acids is 1. The van der Waals surface area contributed by atoms with Crippen LogP contribution >= 0.6 is 34.5 Å². The Morgan fingerprint density at radius 2 is 2.05 bits per heavy atom. The molecule has 1 aromatic rings. The number of carbonyl (C=O) groups excluding carboxylic acids is 1. The van der Waals surface area contributed by atoms with Gasteiger partial charge in [0.1, 0.15) is 4.34 Å². The van der Waals surface area contributed by atoms with Crippen molar-refractivity contribution < 1.29 is 14.7 Å². The Labute approximate surface area is 124 Å². The highest BCUT2D eigenvalue weighted by atomic mass is 35.5. The third-order valence-corrected chi connectivity index (χ3v) is 5.62. The number of carboxylic acids is 1. The molecule has 0 atom stereocenters. The largest absolute Gasteiger partial charge is 0.481 e. The first-order valence-corrected chi connectivity index (χ1v) is 7.40. The molecule has 4 nitrogen and oxygen atoms in total. The molecule has 0 aromatic carbocycles. The number of carbonyl (C=O) groups is 2. The summed E-state index contributed by atoms with van der Waals surface area (Å²) < 4.78 is 0.397. The number of hydrogen-bond acceptors (Lipinski definition) is 3. The van der Waals surface area contributed by atoms with Crippen molar-refractivity contribution in [1.82, 2.24) is 5.32 Å². The molecule has 0 spiro atoms. The lowest BCUT2D eigenvalue weighted by Crippen LogP contribution is -2.28. The van der Waals surface area contributed by atoms with Gasteiger partial charge in [0, 0.05) is 6.54 Å². The Balaban J connectivity index is 1.92. The van der Waals surface area contributed by atoms with Gasteiger partial charge < -0.3 is 10.4 Å². The molecule has 0 radical (unpaired) electrons. The van der Waals surface area contributed by atoms with Gasteiger partial charge >= 0.3 is 5.97 Å². The van der Waals surface area contributed by atoms with E-state index < -0.39 is 11.4 Å². The Kier molecular flexibility index (Phi) is 4.08. The van der Waals surface area contributed by atoms with E-state index in [4.69, 9.17) is 28.3 Å². The summed E-state index contributed by atoms with van der Waals surface area (Å²) in [4.78, 5) is 23.4. The van der Waals surface area contributed by atoms with Crippen LogP contribution in [0.5, 0.6) is 0 Å². The van der Waals surface area contributed by atoms with Gasteiger partial charge in [0.05, 0.1) is 15.3 Å². The maximum atomic E-state index is 11.9. The third-order valence-electron chi connectivity index (χ3n) is 3.44. The van der Waals surface area contributed by atoms with E-state index in [0.717, 1.165) is 11.3 Å². The zero-order valence-corrected chi connectivity index (χ0v) is 12.6. The molecule has 1 fully saturated rings. The first kappa shape index (κ1) is 14.6. The number of rotatable bonds is 5. The maximum Gasteiger partial charge on any atom is 0.309 e. The van der Waals surface area contributed by atoms with E-state index in [-0.39, 0.29) is 5.91 Å². The van der Waals surface area contributed by atoms with Crippen molar-refractivity contribution in [3.63, 3.8) is 0 Å². The van der Waals surface area contributed by atoms with Crippen molar-refractivity contribution in [2.75, 3.05) is 6.54 Å². The molecule has 0 unspecified atom stereocenters. The molecule has 0 bridgehead atoms. The normalized spacial score (nSPS) is 16.2. The van der Waals surface area contributed by atoms with Gasteiger partial charge in [0.15, 0.2) is 0 Å². The molecule has 1 saturated carbocycles. The SMILES string of the molecule is Cc1c(C(=O)NCCC2(C(=O)O)CC2)sc(Cl)c1Cl. The molecule has 7 heteroatoms. The summed E-state index contributed by atoms with van der Waals surface area (Å²) in [5, 5.41) is 12.2. The first-order chi connectivity index (χ1) is 8.87. The Morgan fingerprint density at radius 3 is 2.47 bits per heavy atom. The van der Waals surface area contributed by atoms with Crippen LogP contribution in [0.4, 0.5) is 0 Å². The lowest BCUT2D eigenvalue weighted by molar-refractivity contribution is -0.143. The Hall–Kier alpha value is -0.780. The molecule has 1 aliphatic carbocycles. The van der Waals surface area contributed by atoms with Crippen LogP contribution in [0.1, 0.15) is 34.5 Å². The highest BCUT2D eigenvalue weighted by Crippen LogP contribution is 2.48. The van der Waals surface area contributed by atoms with Crippen molar-refractivity contribution >= 4 is 46.4 Å². The summed E-state index contributed by atoms with van der Waals surface area (Å²) in [7, 11) is 0.